The Balaban J connectivity index is 1.71. The van der Waals surface area contributed by atoms with Crippen molar-refractivity contribution in [3.63, 3.8) is 0 Å². The van der Waals surface area contributed by atoms with Crippen molar-refractivity contribution in [2.45, 2.75) is 18.2 Å². The van der Waals surface area contributed by atoms with Crippen molar-refractivity contribution < 1.29 is 9.47 Å². The molecule has 2 aliphatic heterocycles. The molecule has 0 atom stereocenters. The predicted molar refractivity (Wildman–Crippen MR) is 73.0 cm³/mol. The number of para-hydroxylation sites is 1. The fraction of sp³-hybridized carbons (Fsp3) is 0.200. The van der Waals surface area contributed by atoms with Crippen molar-refractivity contribution in [2.24, 2.45) is 0 Å². The zero-order valence-corrected chi connectivity index (χ0v) is 10.8. The van der Waals surface area contributed by atoms with E-state index in [1.165, 1.54) is 11.3 Å². The highest BCUT2D eigenvalue weighted by Crippen LogP contribution is 2.61. The second kappa shape index (κ2) is 3.69. The van der Waals surface area contributed by atoms with Gasteiger partial charge in [-0.2, -0.15) is 0 Å². The van der Waals surface area contributed by atoms with Crippen LogP contribution in [-0.2, 0) is 0 Å². The minimum absolute atomic E-state index is 0.992. The molecule has 0 fully saturated rings. The van der Waals surface area contributed by atoms with Crippen LogP contribution in [-0.4, -0.2) is 5.75 Å². The van der Waals surface area contributed by atoms with Crippen molar-refractivity contribution in [1.82, 2.24) is 0 Å². The Kier molecular flexibility index (Phi) is 2.12. The van der Waals surface area contributed by atoms with Gasteiger partial charge in [0.2, 0.25) is 0 Å². The van der Waals surface area contributed by atoms with Gasteiger partial charge in [-0.25, -0.2) is 0 Å². The van der Waals surface area contributed by atoms with E-state index in [9.17, 15) is 0 Å². The molecule has 18 heavy (non-hydrogen) atoms. The summed E-state index contributed by atoms with van der Waals surface area (Å²) >= 11 is 1.86. The molecule has 2 aromatic carbocycles. The molecule has 0 saturated carbocycles. The fourth-order valence-electron chi connectivity index (χ4n) is 2.17. The normalized spacial score (nSPS) is 13.2. The first-order valence-electron chi connectivity index (χ1n) is 6.17. The summed E-state index contributed by atoms with van der Waals surface area (Å²) in [5, 5.41) is 0. The molecule has 2 nitrogen and oxygen atoms in total. The van der Waals surface area contributed by atoms with E-state index in [1.807, 2.05) is 23.9 Å². The monoisotopic (exact) mass is 256 g/mol. The van der Waals surface area contributed by atoms with Crippen LogP contribution in [0.1, 0.15) is 13.3 Å². The lowest BCUT2D eigenvalue weighted by atomic mass is 10.1. The molecular formula is C15H12O2S. The molecule has 0 amide bonds. The van der Waals surface area contributed by atoms with E-state index in [0.717, 1.165) is 39.9 Å². The van der Waals surface area contributed by atoms with Gasteiger partial charge in [0.05, 0.1) is 4.90 Å². The summed E-state index contributed by atoms with van der Waals surface area (Å²) in [4.78, 5) is 1.26. The third-order valence-electron chi connectivity index (χ3n) is 3.14. The summed E-state index contributed by atoms with van der Waals surface area (Å²) < 4.78 is 11.1. The molecule has 2 aliphatic rings. The van der Waals surface area contributed by atoms with Gasteiger partial charge in [0.25, 0.3) is 0 Å². The van der Waals surface area contributed by atoms with E-state index in [2.05, 4.69) is 25.1 Å². The van der Waals surface area contributed by atoms with E-state index >= 15 is 0 Å². The van der Waals surface area contributed by atoms with Crippen LogP contribution in [0, 0.1) is 0 Å². The SMILES string of the molecule is CCCSc1ccc(-c2cccc3c2O3)c2c1O2. The first-order chi connectivity index (χ1) is 8.88. The van der Waals surface area contributed by atoms with Gasteiger partial charge in [0, 0.05) is 11.1 Å². The third-order valence-corrected chi connectivity index (χ3v) is 4.38. The van der Waals surface area contributed by atoms with Crippen molar-refractivity contribution in [1.29, 1.82) is 0 Å². The van der Waals surface area contributed by atoms with Crippen molar-refractivity contribution in [3.05, 3.63) is 30.3 Å². The first-order valence-corrected chi connectivity index (χ1v) is 7.16. The van der Waals surface area contributed by atoms with Crippen molar-refractivity contribution in [2.75, 3.05) is 5.75 Å². The van der Waals surface area contributed by atoms with Crippen LogP contribution < -0.4 is 9.47 Å². The van der Waals surface area contributed by atoms with E-state index in [0.29, 0.717) is 0 Å². The number of ether oxygens (including phenoxy) is 2. The summed E-state index contributed by atoms with van der Waals surface area (Å²) in [5.74, 6) is 5.22. The second-order valence-corrected chi connectivity index (χ2v) is 5.59. The van der Waals surface area contributed by atoms with E-state index in [1.54, 1.807) is 0 Å². The van der Waals surface area contributed by atoms with Crippen LogP contribution in [0.15, 0.2) is 35.2 Å². The molecule has 0 saturated heterocycles. The Morgan fingerprint density at radius 3 is 2.72 bits per heavy atom. The smallest absolute Gasteiger partial charge is 0.184 e. The van der Waals surface area contributed by atoms with Crippen LogP contribution in [0.25, 0.3) is 11.1 Å². The molecule has 4 rings (SSSR count). The van der Waals surface area contributed by atoms with Gasteiger partial charge < -0.3 is 9.47 Å². The maximum absolute atomic E-state index is 5.65. The average molecular weight is 256 g/mol. The molecule has 0 aromatic heterocycles. The number of fused-ring (bicyclic) bond motifs is 2. The minimum atomic E-state index is 0.992. The fourth-order valence-corrected chi connectivity index (χ4v) is 3.02. The Bertz CT molecular complexity index is 649. The number of hydrogen-bond acceptors (Lipinski definition) is 3. The van der Waals surface area contributed by atoms with E-state index in [4.69, 9.17) is 9.47 Å². The lowest BCUT2D eigenvalue weighted by Gasteiger charge is -1.98. The molecule has 0 bridgehead atoms. The molecule has 2 heterocycles. The highest BCUT2D eigenvalue weighted by atomic mass is 32.2. The average Bonchev–Trinajstić information content (AvgIpc) is 3.26. The minimum Gasteiger partial charge on any atom is -0.449 e. The van der Waals surface area contributed by atoms with Crippen LogP contribution in [0.3, 0.4) is 0 Å². The molecule has 2 aromatic rings. The van der Waals surface area contributed by atoms with Gasteiger partial charge in [-0.1, -0.05) is 19.1 Å². The number of benzene rings is 2. The van der Waals surface area contributed by atoms with Crippen molar-refractivity contribution >= 4 is 11.8 Å². The maximum atomic E-state index is 5.65. The predicted octanol–water partition coefficient (Wildman–Crippen LogP) is 5.07. The van der Waals surface area contributed by atoms with E-state index < -0.39 is 0 Å². The Morgan fingerprint density at radius 2 is 1.83 bits per heavy atom. The molecule has 90 valence electrons. The Labute approximate surface area is 110 Å². The maximum Gasteiger partial charge on any atom is 0.184 e. The van der Waals surface area contributed by atoms with Gasteiger partial charge in [-0.05, 0) is 30.4 Å². The summed E-state index contributed by atoms with van der Waals surface area (Å²) in [7, 11) is 0. The number of rotatable bonds is 4. The quantitative estimate of drug-likeness (QED) is 0.376. The molecule has 0 N–H and O–H groups in total. The Morgan fingerprint density at radius 1 is 0.944 bits per heavy atom. The van der Waals surface area contributed by atoms with Crippen LogP contribution in [0.4, 0.5) is 0 Å². The Hall–Kier alpha value is -1.61. The van der Waals surface area contributed by atoms with Gasteiger partial charge in [-0.3, -0.25) is 0 Å². The first kappa shape index (κ1) is 10.3. The molecule has 0 unspecified atom stereocenters. The largest absolute Gasteiger partial charge is 0.449 e. The summed E-state index contributed by atoms with van der Waals surface area (Å²) in [6, 6.07) is 10.4. The highest BCUT2D eigenvalue weighted by molar-refractivity contribution is 7.99. The van der Waals surface area contributed by atoms with E-state index in [-0.39, 0.29) is 0 Å². The van der Waals surface area contributed by atoms with Crippen LogP contribution in [0.2, 0.25) is 0 Å². The van der Waals surface area contributed by atoms with Gasteiger partial charge in [0.15, 0.2) is 23.0 Å². The van der Waals surface area contributed by atoms with Gasteiger partial charge >= 0.3 is 0 Å². The lowest BCUT2D eigenvalue weighted by Crippen LogP contribution is -1.74. The second-order valence-electron chi connectivity index (χ2n) is 4.45. The number of hydrogen-bond donors (Lipinski definition) is 0. The molecule has 0 radical (unpaired) electrons. The topological polar surface area (TPSA) is 25.1 Å². The summed E-state index contributed by atoms with van der Waals surface area (Å²) in [5.41, 5.74) is 2.30. The van der Waals surface area contributed by atoms with Crippen LogP contribution in [0.5, 0.6) is 23.0 Å². The zero-order chi connectivity index (χ0) is 12.1. The van der Waals surface area contributed by atoms with Crippen LogP contribution >= 0.6 is 11.8 Å². The van der Waals surface area contributed by atoms with Gasteiger partial charge in [0.1, 0.15) is 0 Å². The zero-order valence-electron chi connectivity index (χ0n) is 10.0. The lowest BCUT2D eigenvalue weighted by molar-refractivity contribution is 0.640. The third kappa shape index (κ3) is 1.51. The number of thioether (sulfide) groups is 1. The molecular weight excluding hydrogens is 244 g/mol. The summed E-state index contributed by atoms with van der Waals surface area (Å²) in [6.07, 6.45) is 1.18. The standard InChI is InChI=1S/C15H12O2S/c1-2-8-18-12-7-6-10(14-15(12)17-14)9-4-3-5-11-13(9)16-11/h3-7H,2,8H2,1H3. The summed E-state index contributed by atoms with van der Waals surface area (Å²) in [6.45, 7) is 2.19. The molecule has 3 heteroatoms. The highest BCUT2D eigenvalue weighted by Gasteiger charge is 2.33. The van der Waals surface area contributed by atoms with Crippen molar-refractivity contribution in [3.8, 4) is 34.1 Å². The van der Waals surface area contributed by atoms with Gasteiger partial charge in [-0.15, -0.1) is 11.8 Å². The molecule has 0 aliphatic carbocycles. The molecule has 0 spiro atoms.